The third-order valence-corrected chi connectivity index (χ3v) is 1.55. The Balaban J connectivity index is 3.05. The molecule has 3 heteroatoms. The maximum atomic E-state index is 8.80. The Morgan fingerprint density at radius 3 is 2.73 bits per heavy atom. The lowest BCUT2D eigenvalue weighted by atomic mass is 10.3. The molecule has 1 aromatic heterocycles. The Labute approximate surface area is 66.0 Å². The molecule has 1 rings (SSSR count). The van der Waals surface area contributed by atoms with Gasteiger partial charge in [-0.25, -0.2) is 4.98 Å². The number of aryl methyl sites for hydroxylation is 1. The molecule has 0 radical (unpaired) electrons. The molecule has 1 aromatic rings. The molecule has 0 bridgehead atoms. The molecule has 0 fully saturated rings. The Kier molecular flexibility index (Phi) is 2.10. The van der Waals surface area contributed by atoms with E-state index < -0.39 is 0 Å². The van der Waals surface area contributed by atoms with Crippen molar-refractivity contribution in [3.63, 3.8) is 0 Å². The van der Waals surface area contributed by atoms with Crippen molar-refractivity contribution in [2.75, 3.05) is 0 Å². The van der Waals surface area contributed by atoms with Crippen LogP contribution in [0.5, 0.6) is 0 Å². The molecule has 60 valence electrons. The number of rotatable bonds is 2. The largest absolute Gasteiger partial charge is 0.388 e. The Morgan fingerprint density at radius 2 is 2.45 bits per heavy atom. The van der Waals surface area contributed by atoms with Gasteiger partial charge >= 0.3 is 0 Å². The van der Waals surface area contributed by atoms with Gasteiger partial charge < -0.3 is 9.67 Å². The lowest BCUT2D eigenvalue weighted by molar-refractivity contribution is 0.267. The van der Waals surface area contributed by atoms with Gasteiger partial charge in [0.1, 0.15) is 12.4 Å². The number of hydrogen-bond donors (Lipinski definition) is 1. The summed E-state index contributed by atoms with van der Waals surface area (Å²) in [6.45, 7) is 5.62. The quantitative estimate of drug-likeness (QED) is 0.685. The molecule has 0 unspecified atom stereocenters. The van der Waals surface area contributed by atoms with Crippen LogP contribution in [0.2, 0.25) is 0 Å². The van der Waals surface area contributed by atoms with E-state index in [4.69, 9.17) is 5.11 Å². The van der Waals surface area contributed by atoms with Crippen molar-refractivity contribution >= 4 is 5.57 Å². The number of nitrogens with zero attached hydrogens (tertiary/aromatic N) is 2. The maximum Gasteiger partial charge on any atom is 0.134 e. The van der Waals surface area contributed by atoms with Crippen LogP contribution in [0.4, 0.5) is 0 Å². The summed E-state index contributed by atoms with van der Waals surface area (Å²) in [5, 5.41) is 8.80. The summed E-state index contributed by atoms with van der Waals surface area (Å²) in [6.07, 6.45) is 1.86. The molecule has 0 saturated heterocycles. The highest BCUT2D eigenvalue weighted by molar-refractivity contribution is 5.57. The highest BCUT2D eigenvalue weighted by atomic mass is 16.3. The standard InChI is InChI=1S/C8H12N2O/c1-6(2)7-4-10(3)8(5-11)9-7/h4,11H,1,5H2,2-3H3. The highest BCUT2D eigenvalue weighted by Crippen LogP contribution is 2.09. The predicted octanol–water partition coefficient (Wildman–Crippen LogP) is 0.946. The third kappa shape index (κ3) is 1.49. The fourth-order valence-electron chi connectivity index (χ4n) is 0.857. The average molecular weight is 152 g/mol. The van der Waals surface area contributed by atoms with Crippen LogP contribution in [0.25, 0.3) is 5.57 Å². The van der Waals surface area contributed by atoms with Gasteiger partial charge in [0, 0.05) is 13.2 Å². The van der Waals surface area contributed by atoms with Gasteiger partial charge in [0.25, 0.3) is 0 Å². The van der Waals surface area contributed by atoms with Gasteiger partial charge in [-0.05, 0) is 12.5 Å². The van der Waals surface area contributed by atoms with Crippen LogP contribution in [-0.2, 0) is 13.7 Å². The van der Waals surface area contributed by atoms with Crippen molar-refractivity contribution in [3.05, 3.63) is 24.3 Å². The van der Waals surface area contributed by atoms with E-state index >= 15 is 0 Å². The number of imidazole rings is 1. The summed E-state index contributed by atoms with van der Waals surface area (Å²) in [5.74, 6) is 0.669. The van der Waals surface area contributed by atoms with Crippen LogP contribution >= 0.6 is 0 Å². The minimum atomic E-state index is -0.0240. The van der Waals surface area contributed by atoms with E-state index in [0.29, 0.717) is 5.82 Å². The highest BCUT2D eigenvalue weighted by Gasteiger charge is 2.02. The molecule has 0 spiro atoms. The molecule has 0 atom stereocenters. The van der Waals surface area contributed by atoms with Gasteiger partial charge in [0.15, 0.2) is 0 Å². The van der Waals surface area contributed by atoms with Gasteiger partial charge in [-0.3, -0.25) is 0 Å². The summed E-state index contributed by atoms with van der Waals surface area (Å²) in [5.41, 5.74) is 1.76. The van der Waals surface area contributed by atoms with Crippen LogP contribution in [0.3, 0.4) is 0 Å². The third-order valence-electron chi connectivity index (χ3n) is 1.55. The van der Waals surface area contributed by atoms with Gasteiger partial charge in [-0.15, -0.1) is 0 Å². The fourth-order valence-corrected chi connectivity index (χ4v) is 0.857. The first-order chi connectivity index (χ1) is 5.15. The zero-order valence-electron chi connectivity index (χ0n) is 6.83. The minimum absolute atomic E-state index is 0.0240. The molecule has 1 N–H and O–H groups in total. The summed E-state index contributed by atoms with van der Waals surface area (Å²) in [6, 6.07) is 0. The molecule has 0 amide bonds. The summed E-state index contributed by atoms with van der Waals surface area (Å²) >= 11 is 0. The maximum absolute atomic E-state index is 8.80. The zero-order chi connectivity index (χ0) is 8.43. The second-order valence-corrected chi connectivity index (χ2v) is 2.59. The van der Waals surface area contributed by atoms with Crippen molar-refractivity contribution in [1.29, 1.82) is 0 Å². The Hall–Kier alpha value is -1.09. The smallest absolute Gasteiger partial charge is 0.134 e. The summed E-state index contributed by atoms with van der Waals surface area (Å²) in [7, 11) is 1.85. The van der Waals surface area contributed by atoms with Gasteiger partial charge in [-0.2, -0.15) is 0 Å². The van der Waals surface area contributed by atoms with Crippen LogP contribution in [0.1, 0.15) is 18.4 Å². The number of aliphatic hydroxyl groups is 1. The molecule has 0 aliphatic heterocycles. The number of aliphatic hydroxyl groups excluding tert-OH is 1. The van der Waals surface area contributed by atoms with Crippen LogP contribution < -0.4 is 0 Å². The van der Waals surface area contributed by atoms with Crippen LogP contribution in [-0.4, -0.2) is 14.7 Å². The van der Waals surface area contributed by atoms with E-state index in [1.54, 1.807) is 4.57 Å². The summed E-state index contributed by atoms with van der Waals surface area (Å²) < 4.78 is 1.80. The SMILES string of the molecule is C=C(C)c1cn(C)c(CO)n1. The predicted molar refractivity (Wildman–Crippen MR) is 43.8 cm³/mol. The van der Waals surface area contributed by atoms with E-state index in [1.165, 1.54) is 0 Å². The van der Waals surface area contributed by atoms with E-state index in [-0.39, 0.29) is 6.61 Å². The average Bonchev–Trinajstić information content (AvgIpc) is 2.31. The first-order valence-corrected chi connectivity index (χ1v) is 3.44. The molecular formula is C8H12N2O. The Bertz CT molecular complexity index is 276. The molecule has 0 aliphatic rings. The van der Waals surface area contributed by atoms with Crippen molar-refractivity contribution in [1.82, 2.24) is 9.55 Å². The number of hydrogen-bond acceptors (Lipinski definition) is 2. The molecule has 0 saturated carbocycles. The first kappa shape index (κ1) is 8.01. The van der Waals surface area contributed by atoms with E-state index in [1.807, 2.05) is 20.2 Å². The zero-order valence-corrected chi connectivity index (χ0v) is 6.83. The van der Waals surface area contributed by atoms with Crippen LogP contribution in [0, 0.1) is 0 Å². The molecule has 11 heavy (non-hydrogen) atoms. The van der Waals surface area contributed by atoms with Gasteiger partial charge in [0.05, 0.1) is 5.69 Å². The van der Waals surface area contributed by atoms with E-state index in [2.05, 4.69) is 11.6 Å². The fraction of sp³-hybridized carbons (Fsp3) is 0.375. The van der Waals surface area contributed by atoms with Crippen molar-refractivity contribution < 1.29 is 5.11 Å². The molecule has 1 heterocycles. The first-order valence-electron chi connectivity index (χ1n) is 3.44. The molecule has 3 nitrogen and oxygen atoms in total. The van der Waals surface area contributed by atoms with E-state index in [9.17, 15) is 0 Å². The normalized spacial score (nSPS) is 10.1. The van der Waals surface area contributed by atoms with Crippen molar-refractivity contribution in [2.45, 2.75) is 13.5 Å². The summed E-state index contributed by atoms with van der Waals surface area (Å²) in [4.78, 5) is 4.14. The minimum Gasteiger partial charge on any atom is -0.388 e. The Morgan fingerprint density at radius 1 is 1.82 bits per heavy atom. The second kappa shape index (κ2) is 2.88. The lowest BCUT2D eigenvalue weighted by Gasteiger charge is -1.92. The molecular weight excluding hydrogens is 140 g/mol. The molecule has 0 aliphatic carbocycles. The van der Waals surface area contributed by atoms with Gasteiger partial charge in [-0.1, -0.05) is 6.58 Å². The monoisotopic (exact) mass is 152 g/mol. The second-order valence-electron chi connectivity index (χ2n) is 2.59. The lowest BCUT2D eigenvalue weighted by Crippen LogP contribution is -1.95. The van der Waals surface area contributed by atoms with Crippen LogP contribution in [0.15, 0.2) is 12.8 Å². The van der Waals surface area contributed by atoms with Crippen molar-refractivity contribution in [3.8, 4) is 0 Å². The van der Waals surface area contributed by atoms with Crippen molar-refractivity contribution in [2.24, 2.45) is 7.05 Å². The van der Waals surface area contributed by atoms with E-state index in [0.717, 1.165) is 11.3 Å². The van der Waals surface area contributed by atoms with Gasteiger partial charge in [0.2, 0.25) is 0 Å². The molecule has 0 aromatic carbocycles. The topological polar surface area (TPSA) is 38.0 Å². The number of allylic oxidation sites excluding steroid dienone is 1. The number of aromatic nitrogens is 2.